The zero-order valence-corrected chi connectivity index (χ0v) is 24.7. The van der Waals surface area contributed by atoms with Crippen LogP contribution in [-0.2, 0) is 15.0 Å². The third-order valence-electron chi connectivity index (χ3n) is 7.77. The highest BCUT2D eigenvalue weighted by atomic mass is 19.1. The fraction of sp³-hybridized carbons (Fsp3) is 0.364. The summed E-state index contributed by atoms with van der Waals surface area (Å²) in [5.74, 6) is -3.57. The van der Waals surface area contributed by atoms with E-state index in [4.69, 9.17) is 4.74 Å². The number of rotatable bonds is 7. The molecule has 2 aromatic carbocycles. The van der Waals surface area contributed by atoms with Crippen LogP contribution in [-0.4, -0.2) is 31.0 Å². The summed E-state index contributed by atoms with van der Waals surface area (Å²) in [6.07, 6.45) is 4.69. The Morgan fingerprint density at radius 1 is 1.29 bits per heavy atom. The molecule has 2 aliphatic heterocycles. The third-order valence-corrected chi connectivity index (χ3v) is 7.77. The van der Waals surface area contributed by atoms with Gasteiger partial charge in [-0.3, -0.25) is 9.59 Å². The maximum Gasteiger partial charge on any atom is 0.242 e. The molecule has 2 aliphatic rings. The van der Waals surface area contributed by atoms with E-state index in [1.807, 2.05) is 26.8 Å². The van der Waals surface area contributed by atoms with Crippen LogP contribution in [0.3, 0.4) is 0 Å². The lowest BCUT2D eigenvalue weighted by atomic mass is 9.64. The lowest BCUT2D eigenvalue weighted by Crippen LogP contribution is -2.50. The third kappa shape index (κ3) is 5.47. The van der Waals surface area contributed by atoms with Crippen LogP contribution >= 0.6 is 0 Å². The molecule has 4 rings (SSSR count). The first kappa shape index (κ1) is 30.7. The van der Waals surface area contributed by atoms with Crippen LogP contribution in [0.1, 0.15) is 50.8 Å². The van der Waals surface area contributed by atoms with Crippen molar-refractivity contribution in [2.75, 3.05) is 17.7 Å². The first-order valence-corrected chi connectivity index (χ1v) is 13.7. The number of benzene rings is 2. The summed E-state index contributed by atoms with van der Waals surface area (Å²) in [6.45, 7) is 13.1. The van der Waals surface area contributed by atoms with Gasteiger partial charge < -0.3 is 20.7 Å². The number of hydrogen-bond acceptors (Lipinski definition) is 5. The van der Waals surface area contributed by atoms with E-state index in [1.54, 1.807) is 32.1 Å². The molecule has 220 valence electrons. The molecule has 0 radical (unpaired) electrons. The second kappa shape index (κ2) is 11.5. The minimum Gasteiger partial charge on any atom is -0.495 e. The van der Waals surface area contributed by atoms with Crippen LogP contribution in [0.2, 0.25) is 0 Å². The van der Waals surface area contributed by atoms with Gasteiger partial charge in [-0.2, -0.15) is 5.26 Å². The number of amides is 2. The number of fused-ring (bicyclic) bond motifs is 2. The molecule has 3 N–H and O–H groups in total. The first-order valence-electron chi connectivity index (χ1n) is 13.7. The summed E-state index contributed by atoms with van der Waals surface area (Å²) in [4.78, 5) is 28.1. The number of aryl methyl sites for hydroxylation is 1. The monoisotopic (exact) mass is 574 g/mol. The van der Waals surface area contributed by atoms with Crippen molar-refractivity contribution in [1.82, 2.24) is 5.32 Å². The summed E-state index contributed by atoms with van der Waals surface area (Å²) in [5, 5.41) is 18.0. The molecule has 2 aromatic rings. The Hall–Kier alpha value is -4.29. The molecular weight excluding hydrogens is 538 g/mol. The van der Waals surface area contributed by atoms with Gasteiger partial charge in [0.25, 0.3) is 0 Å². The topological polar surface area (TPSA) is 103 Å². The predicted molar refractivity (Wildman–Crippen MR) is 159 cm³/mol. The normalized spacial score (nSPS) is 23.5. The highest BCUT2D eigenvalue weighted by molar-refractivity contribution is 6.09. The number of nitrogens with zero attached hydrogens (tertiary/aromatic N) is 1. The van der Waals surface area contributed by atoms with Gasteiger partial charge in [-0.1, -0.05) is 57.2 Å². The van der Waals surface area contributed by atoms with Crippen molar-refractivity contribution in [3.05, 3.63) is 89.0 Å². The van der Waals surface area contributed by atoms with Gasteiger partial charge in [-0.15, -0.1) is 0 Å². The van der Waals surface area contributed by atoms with Crippen molar-refractivity contribution in [3.63, 3.8) is 0 Å². The maximum atomic E-state index is 16.5. The van der Waals surface area contributed by atoms with Crippen molar-refractivity contribution < 1.29 is 23.1 Å². The minimum absolute atomic E-state index is 0.00538. The van der Waals surface area contributed by atoms with Gasteiger partial charge in [-0.05, 0) is 55.0 Å². The number of carbonyl (C=O) groups is 2. The van der Waals surface area contributed by atoms with Crippen molar-refractivity contribution in [2.24, 2.45) is 11.3 Å². The van der Waals surface area contributed by atoms with E-state index in [0.717, 1.165) is 0 Å². The van der Waals surface area contributed by atoms with Crippen LogP contribution in [0.4, 0.5) is 20.2 Å². The lowest BCUT2D eigenvalue weighted by molar-refractivity contribution is -0.123. The molecule has 9 heteroatoms. The number of hydrogen-bond donors (Lipinski definition) is 3. The summed E-state index contributed by atoms with van der Waals surface area (Å²) >= 11 is 0. The Kier molecular flexibility index (Phi) is 8.42. The Bertz CT molecular complexity index is 1550. The second-order valence-electron chi connectivity index (χ2n) is 12.2. The molecule has 0 aromatic heterocycles. The predicted octanol–water partition coefficient (Wildman–Crippen LogP) is 6.22. The average molecular weight is 575 g/mol. The van der Waals surface area contributed by atoms with Gasteiger partial charge in [0.2, 0.25) is 11.8 Å². The van der Waals surface area contributed by atoms with Crippen LogP contribution in [0.25, 0.3) is 0 Å². The quantitative estimate of drug-likeness (QED) is 0.341. The Morgan fingerprint density at radius 3 is 2.62 bits per heavy atom. The molecule has 1 spiro atoms. The second-order valence-corrected chi connectivity index (χ2v) is 12.2. The number of methoxy groups -OCH3 is 1. The molecule has 42 heavy (non-hydrogen) atoms. The molecule has 0 saturated carbocycles. The summed E-state index contributed by atoms with van der Waals surface area (Å²) in [5.41, 5.74) is -0.0295. The van der Waals surface area contributed by atoms with Gasteiger partial charge in [-0.25, -0.2) is 8.78 Å². The smallest absolute Gasteiger partial charge is 0.242 e. The molecule has 0 bridgehead atoms. The molecule has 1 saturated heterocycles. The van der Waals surface area contributed by atoms with Gasteiger partial charge in [0, 0.05) is 12.1 Å². The van der Waals surface area contributed by atoms with E-state index in [-0.39, 0.29) is 22.5 Å². The number of nitrogens with one attached hydrogen (secondary N) is 3. The maximum absolute atomic E-state index is 16.5. The van der Waals surface area contributed by atoms with E-state index in [9.17, 15) is 14.9 Å². The number of anilines is 2. The van der Waals surface area contributed by atoms with E-state index in [1.165, 1.54) is 37.5 Å². The zero-order chi connectivity index (χ0) is 31.0. The van der Waals surface area contributed by atoms with Crippen LogP contribution in [0.15, 0.2) is 66.5 Å². The number of ether oxygens (including phenoxy) is 1. The zero-order valence-electron chi connectivity index (χ0n) is 24.7. The molecule has 2 amide bonds. The van der Waals surface area contributed by atoms with Gasteiger partial charge in [0.15, 0.2) is 0 Å². The van der Waals surface area contributed by atoms with Crippen LogP contribution in [0, 0.1) is 35.4 Å². The summed E-state index contributed by atoms with van der Waals surface area (Å²) < 4.78 is 37.3. The first-order chi connectivity index (χ1) is 19.7. The van der Waals surface area contributed by atoms with Crippen molar-refractivity contribution in [2.45, 2.75) is 58.5 Å². The molecule has 2 heterocycles. The van der Waals surface area contributed by atoms with E-state index in [2.05, 4.69) is 22.5 Å². The van der Waals surface area contributed by atoms with Crippen molar-refractivity contribution in [1.29, 1.82) is 5.26 Å². The molecule has 7 nitrogen and oxygen atoms in total. The van der Waals surface area contributed by atoms with Gasteiger partial charge >= 0.3 is 0 Å². The SMILES string of the molecule is C=C(C)/C=C\C=C(/F)C1[C@H](C(=O)Nc2ccc(C#N)cc2OC)NC(CC(C)(C)C)[C@@]12C(=O)Nc1c2ccc(C)c1F. The minimum atomic E-state index is -1.63. The summed E-state index contributed by atoms with van der Waals surface area (Å²) in [7, 11) is 1.41. The highest BCUT2D eigenvalue weighted by Gasteiger charge is 2.67. The van der Waals surface area contributed by atoms with Crippen molar-refractivity contribution in [3.8, 4) is 11.8 Å². The Labute approximate surface area is 245 Å². The molecule has 1 fully saturated rings. The van der Waals surface area contributed by atoms with Crippen molar-refractivity contribution >= 4 is 23.2 Å². The van der Waals surface area contributed by atoms with Gasteiger partial charge in [0.05, 0.1) is 42.1 Å². The molecule has 0 aliphatic carbocycles. The molecular formula is C33H36F2N4O3. The number of nitriles is 1. The van der Waals surface area contributed by atoms with E-state index in [0.29, 0.717) is 28.7 Å². The fourth-order valence-electron chi connectivity index (χ4n) is 5.98. The van der Waals surface area contributed by atoms with E-state index < -0.39 is 46.9 Å². The van der Waals surface area contributed by atoms with Crippen LogP contribution < -0.4 is 20.7 Å². The largest absolute Gasteiger partial charge is 0.495 e. The van der Waals surface area contributed by atoms with E-state index >= 15 is 8.78 Å². The highest BCUT2D eigenvalue weighted by Crippen LogP contribution is 2.55. The Morgan fingerprint density at radius 2 is 2.00 bits per heavy atom. The molecule has 2 unspecified atom stereocenters. The number of halogens is 2. The lowest BCUT2D eigenvalue weighted by Gasteiger charge is -2.36. The summed E-state index contributed by atoms with van der Waals surface area (Å²) in [6, 6.07) is 7.81. The average Bonchev–Trinajstić information content (AvgIpc) is 3.40. The Balaban J connectivity index is 1.92. The van der Waals surface area contributed by atoms with Gasteiger partial charge in [0.1, 0.15) is 22.8 Å². The molecule has 4 atom stereocenters. The standard InChI is InChI=1S/C33H36F2N4O3/c1-18(2)9-8-10-22(34)26-29(30(40)37-23-14-12-20(17-36)15-24(23)42-7)38-25(16-32(4,5)6)33(26)21-13-11-19(3)27(35)28(21)39-31(33)41/h8-15,25-26,29,38H,1,16H2,2-7H3,(H,37,40)(H,39,41)/b9-8-,22-10-/t25?,26?,29-,33-/m1/s1. The van der Waals surface area contributed by atoms with Crippen LogP contribution in [0.5, 0.6) is 5.75 Å². The fourth-order valence-corrected chi connectivity index (χ4v) is 5.98. The number of carbonyl (C=O) groups excluding carboxylic acids is 2. The number of allylic oxidation sites excluding steroid dienone is 4.